The van der Waals surface area contributed by atoms with Crippen molar-refractivity contribution in [2.75, 3.05) is 19.0 Å². The fraction of sp³-hybridized carbons (Fsp3) is 0.333. The van der Waals surface area contributed by atoms with E-state index >= 15 is 0 Å². The monoisotopic (exact) mass is 249 g/mol. The Bertz CT molecular complexity index is 565. The summed E-state index contributed by atoms with van der Waals surface area (Å²) in [5.41, 5.74) is 1.84. The second kappa shape index (κ2) is 5.05. The summed E-state index contributed by atoms with van der Waals surface area (Å²) in [6.07, 6.45) is 0.594. The summed E-state index contributed by atoms with van der Waals surface area (Å²) in [5, 5.41) is 17.6. The predicted octanol–water partition coefficient (Wildman–Crippen LogP) is 0.519. The van der Waals surface area contributed by atoms with Gasteiger partial charge in [0.2, 0.25) is 0 Å². The van der Waals surface area contributed by atoms with E-state index in [4.69, 9.17) is 0 Å². The number of aromatic nitrogens is 2. The largest absolute Gasteiger partial charge is 0.467 e. The van der Waals surface area contributed by atoms with E-state index in [1.807, 2.05) is 25.2 Å². The van der Waals surface area contributed by atoms with E-state index in [2.05, 4.69) is 15.2 Å². The van der Waals surface area contributed by atoms with E-state index in [0.29, 0.717) is 0 Å². The third-order valence-corrected chi connectivity index (χ3v) is 2.72. The molecule has 0 aliphatic carbocycles. The predicted molar refractivity (Wildman–Crippen MR) is 67.2 cm³/mol. The van der Waals surface area contributed by atoms with Crippen molar-refractivity contribution in [2.24, 2.45) is 7.05 Å². The van der Waals surface area contributed by atoms with Gasteiger partial charge in [-0.2, -0.15) is 5.10 Å². The fourth-order valence-corrected chi connectivity index (χ4v) is 1.71. The van der Waals surface area contributed by atoms with Crippen LogP contribution in [0.2, 0.25) is 0 Å². The number of nitrogens with zero attached hydrogens (tertiary/aromatic N) is 2. The Hall–Kier alpha value is -2.08. The number of anilines is 1. The van der Waals surface area contributed by atoms with Crippen molar-refractivity contribution in [2.45, 2.75) is 6.10 Å². The number of carbonyl (C=O) groups is 1. The molecule has 2 rings (SSSR count). The normalized spacial score (nSPS) is 12.4. The van der Waals surface area contributed by atoms with Crippen LogP contribution in [0.1, 0.15) is 0 Å². The van der Waals surface area contributed by atoms with Crippen LogP contribution < -0.4 is 5.32 Å². The molecule has 6 nitrogen and oxygen atoms in total. The quantitative estimate of drug-likeness (QED) is 0.772. The van der Waals surface area contributed by atoms with E-state index < -0.39 is 12.1 Å². The Morgan fingerprint density at radius 3 is 3.11 bits per heavy atom. The molecule has 0 unspecified atom stereocenters. The lowest BCUT2D eigenvalue weighted by Crippen LogP contribution is -2.29. The molecule has 0 saturated heterocycles. The number of nitrogens with one attached hydrogen (secondary N) is 1. The number of rotatable bonds is 4. The highest BCUT2D eigenvalue weighted by Gasteiger charge is 2.14. The average molecular weight is 249 g/mol. The van der Waals surface area contributed by atoms with Crippen molar-refractivity contribution in [1.29, 1.82) is 0 Å². The van der Waals surface area contributed by atoms with Gasteiger partial charge in [-0.05, 0) is 18.2 Å². The van der Waals surface area contributed by atoms with Crippen molar-refractivity contribution in [3.05, 3.63) is 24.4 Å². The number of hydrogen-bond donors (Lipinski definition) is 2. The molecule has 1 aromatic carbocycles. The highest BCUT2D eigenvalue weighted by atomic mass is 16.5. The zero-order valence-electron chi connectivity index (χ0n) is 10.3. The number of esters is 1. The van der Waals surface area contributed by atoms with Crippen molar-refractivity contribution < 1.29 is 14.6 Å². The summed E-state index contributed by atoms with van der Waals surface area (Å²) in [6.45, 7) is 0.110. The Morgan fingerprint density at radius 2 is 2.39 bits per heavy atom. The molecule has 2 N–H and O–H groups in total. The minimum atomic E-state index is -1.17. The smallest absolute Gasteiger partial charge is 0.336 e. The summed E-state index contributed by atoms with van der Waals surface area (Å²) < 4.78 is 6.21. The molecule has 0 aliphatic rings. The maximum atomic E-state index is 11.0. The van der Waals surface area contributed by atoms with Crippen LogP contribution in [0.15, 0.2) is 24.4 Å². The molecule has 0 amide bonds. The summed E-state index contributed by atoms with van der Waals surface area (Å²) in [7, 11) is 3.11. The zero-order chi connectivity index (χ0) is 13.1. The van der Waals surface area contributed by atoms with Gasteiger partial charge in [-0.1, -0.05) is 0 Å². The van der Waals surface area contributed by atoms with Crippen LogP contribution in [0.4, 0.5) is 5.69 Å². The third kappa shape index (κ3) is 2.43. The van der Waals surface area contributed by atoms with Crippen LogP contribution in [0, 0.1) is 0 Å². The number of aliphatic hydroxyl groups excluding tert-OH is 1. The standard InChI is InChI=1S/C12H15N3O3/c1-15-10-4-3-9(5-8(10)6-14-15)13-7-11(16)12(17)18-2/h3-6,11,13,16H,7H2,1-2H3/t11-/m1/s1. The van der Waals surface area contributed by atoms with Crippen LogP contribution in [0.25, 0.3) is 10.9 Å². The van der Waals surface area contributed by atoms with Gasteiger partial charge in [-0.15, -0.1) is 0 Å². The van der Waals surface area contributed by atoms with Crippen LogP contribution in [-0.2, 0) is 16.6 Å². The third-order valence-electron chi connectivity index (χ3n) is 2.72. The van der Waals surface area contributed by atoms with Crippen LogP contribution in [0.5, 0.6) is 0 Å². The van der Waals surface area contributed by atoms with Crippen molar-refractivity contribution >= 4 is 22.6 Å². The topological polar surface area (TPSA) is 76.4 Å². The lowest BCUT2D eigenvalue weighted by molar-refractivity contribution is -0.149. The van der Waals surface area contributed by atoms with E-state index in [1.165, 1.54) is 7.11 Å². The number of methoxy groups -OCH3 is 1. The molecule has 0 fully saturated rings. The molecule has 96 valence electrons. The first-order valence-electron chi connectivity index (χ1n) is 5.53. The van der Waals surface area contributed by atoms with Crippen molar-refractivity contribution in [3.63, 3.8) is 0 Å². The second-order valence-electron chi connectivity index (χ2n) is 3.96. The van der Waals surface area contributed by atoms with Gasteiger partial charge in [-0.3, -0.25) is 4.68 Å². The van der Waals surface area contributed by atoms with Gasteiger partial charge < -0.3 is 15.2 Å². The number of benzene rings is 1. The molecule has 1 heterocycles. The summed E-state index contributed by atoms with van der Waals surface area (Å²) in [4.78, 5) is 11.0. The maximum Gasteiger partial charge on any atom is 0.336 e. The highest BCUT2D eigenvalue weighted by Crippen LogP contribution is 2.18. The van der Waals surface area contributed by atoms with E-state index in [9.17, 15) is 9.90 Å². The lowest BCUT2D eigenvalue weighted by Gasteiger charge is -2.10. The maximum absolute atomic E-state index is 11.0. The van der Waals surface area contributed by atoms with Crippen molar-refractivity contribution in [3.8, 4) is 0 Å². The minimum Gasteiger partial charge on any atom is -0.467 e. The number of aryl methyl sites for hydroxylation is 1. The second-order valence-corrected chi connectivity index (χ2v) is 3.96. The van der Waals surface area contributed by atoms with Gasteiger partial charge in [0, 0.05) is 18.1 Å². The summed E-state index contributed by atoms with van der Waals surface area (Å²) >= 11 is 0. The average Bonchev–Trinajstić information content (AvgIpc) is 2.76. The Labute approximate surface area is 104 Å². The number of carbonyl (C=O) groups excluding carboxylic acids is 1. The minimum absolute atomic E-state index is 0.110. The molecule has 0 bridgehead atoms. The number of hydrogen-bond acceptors (Lipinski definition) is 5. The molecular weight excluding hydrogens is 234 g/mol. The number of aliphatic hydroxyl groups is 1. The van der Waals surface area contributed by atoms with Gasteiger partial charge in [-0.25, -0.2) is 4.79 Å². The summed E-state index contributed by atoms with van der Waals surface area (Å²) in [6, 6.07) is 5.70. The Balaban J connectivity index is 2.06. The van der Waals surface area contributed by atoms with Gasteiger partial charge in [0.15, 0.2) is 6.10 Å². The zero-order valence-corrected chi connectivity index (χ0v) is 10.3. The highest BCUT2D eigenvalue weighted by molar-refractivity contribution is 5.82. The number of fused-ring (bicyclic) bond motifs is 1. The van der Waals surface area contributed by atoms with Gasteiger partial charge in [0.25, 0.3) is 0 Å². The first-order valence-corrected chi connectivity index (χ1v) is 5.53. The first-order chi connectivity index (χ1) is 8.61. The molecule has 1 aromatic heterocycles. The number of ether oxygens (including phenoxy) is 1. The molecule has 1 atom stereocenters. The van der Waals surface area contributed by atoms with Crippen molar-refractivity contribution in [1.82, 2.24) is 9.78 Å². The van der Waals surface area contributed by atoms with Crippen LogP contribution in [0.3, 0.4) is 0 Å². The molecular formula is C12H15N3O3. The van der Waals surface area contributed by atoms with Crippen LogP contribution in [-0.4, -0.2) is 40.6 Å². The van der Waals surface area contributed by atoms with E-state index in [1.54, 1.807) is 10.9 Å². The molecule has 0 spiro atoms. The Kier molecular flexibility index (Phi) is 3.47. The fourth-order valence-electron chi connectivity index (χ4n) is 1.71. The van der Waals surface area contributed by atoms with Gasteiger partial charge in [0.1, 0.15) is 0 Å². The summed E-state index contributed by atoms with van der Waals surface area (Å²) in [5.74, 6) is -0.648. The lowest BCUT2D eigenvalue weighted by atomic mass is 10.2. The molecule has 0 saturated carbocycles. The van der Waals surface area contributed by atoms with Crippen LogP contribution >= 0.6 is 0 Å². The molecule has 0 radical (unpaired) electrons. The van der Waals surface area contributed by atoms with Gasteiger partial charge >= 0.3 is 5.97 Å². The first kappa shape index (κ1) is 12.4. The molecule has 18 heavy (non-hydrogen) atoms. The molecule has 6 heteroatoms. The van der Waals surface area contributed by atoms with E-state index in [0.717, 1.165) is 16.6 Å². The Morgan fingerprint density at radius 1 is 1.61 bits per heavy atom. The molecule has 2 aromatic rings. The van der Waals surface area contributed by atoms with Gasteiger partial charge in [0.05, 0.1) is 25.4 Å². The SMILES string of the molecule is COC(=O)[C@H](O)CNc1ccc2c(cnn2C)c1. The van der Waals surface area contributed by atoms with E-state index in [-0.39, 0.29) is 6.54 Å². The molecule has 0 aliphatic heterocycles.